The van der Waals surface area contributed by atoms with E-state index in [9.17, 15) is 0 Å². The van der Waals surface area contributed by atoms with Crippen molar-refractivity contribution in [1.82, 2.24) is 0 Å². The van der Waals surface area contributed by atoms with Gasteiger partial charge >= 0.3 is 0 Å². The first-order valence-electron chi connectivity index (χ1n) is 12.0. The molecule has 3 heterocycles. The average Bonchev–Trinajstić information content (AvgIpc) is 2.84. The molecule has 2 unspecified atom stereocenters. The van der Waals surface area contributed by atoms with Crippen molar-refractivity contribution >= 4 is 5.70 Å². The van der Waals surface area contributed by atoms with E-state index >= 15 is 0 Å². The SMILES string of the molecule is CC1=C([n+]2ccc(C)cc2C)CC2C(C1)c1ccc(-c3ccccc3)cc1-c1cccc[n+]12. The summed E-state index contributed by atoms with van der Waals surface area (Å²) >= 11 is 0. The quantitative estimate of drug-likeness (QED) is 0.318. The lowest BCUT2D eigenvalue weighted by atomic mass is 9.73. The standard InChI is InChI=1S/C31H30N2/c1-21-14-16-32(23(3)17-21)30-20-31-27(18-22(30)2)26-13-12-25(24-9-5-4-6-10-24)19-28(26)29-11-7-8-15-33(29)31/h4-17,19,27,31H,18,20H2,1-3H3/q+2. The maximum Gasteiger partial charge on any atom is 0.213 e. The molecule has 2 heteroatoms. The molecule has 0 saturated heterocycles. The Kier molecular flexibility index (Phi) is 4.76. The van der Waals surface area contributed by atoms with E-state index in [1.807, 2.05) is 0 Å². The Labute approximate surface area is 196 Å². The normalized spacial score (nSPS) is 19.0. The third-order valence-corrected chi connectivity index (χ3v) is 7.56. The molecular formula is C31H30N2+2. The Morgan fingerprint density at radius 2 is 1.55 bits per heavy atom. The van der Waals surface area contributed by atoms with Crippen LogP contribution in [0.3, 0.4) is 0 Å². The van der Waals surface area contributed by atoms with Gasteiger partial charge in [-0.3, -0.25) is 0 Å². The largest absolute Gasteiger partial charge is 0.213 e. The molecule has 0 radical (unpaired) electrons. The lowest BCUT2D eigenvalue weighted by molar-refractivity contribution is -0.721. The van der Waals surface area contributed by atoms with Crippen molar-refractivity contribution < 1.29 is 9.13 Å². The molecule has 2 aromatic heterocycles. The summed E-state index contributed by atoms with van der Waals surface area (Å²) in [6.07, 6.45) is 6.69. The fraction of sp³-hybridized carbons (Fsp3) is 0.226. The van der Waals surface area contributed by atoms with Crippen molar-refractivity contribution in [3.05, 3.63) is 114 Å². The summed E-state index contributed by atoms with van der Waals surface area (Å²) < 4.78 is 4.95. The number of hydrogen-bond acceptors (Lipinski definition) is 0. The summed E-state index contributed by atoms with van der Waals surface area (Å²) in [5, 5.41) is 0. The molecule has 2 nitrogen and oxygen atoms in total. The molecule has 1 aliphatic carbocycles. The highest BCUT2D eigenvalue weighted by molar-refractivity contribution is 5.74. The second-order valence-corrected chi connectivity index (χ2v) is 9.69. The van der Waals surface area contributed by atoms with Gasteiger partial charge in [-0.1, -0.05) is 42.5 Å². The molecule has 162 valence electrons. The minimum atomic E-state index is 0.433. The molecular weight excluding hydrogens is 400 g/mol. The number of rotatable bonds is 2. The van der Waals surface area contributed by atoms with Gasteiger partial charge in [0.15, 0.2) is 29.8 Å². The third kappa shape index (κ3) is 3.33. The highest BCUT2D eigenvalue weighted by Gasteiger charge is 2.45. The Morgan fingerprint density at radius 1 is 0.727 bits per heavy atom. The van der Waals surface area contributed by atoms with E-state index in [2.05, 4.69) is 121 Å². The first kappa shape index (κ1) is 20.1. The van der Waals surface area contributed by atoms with E-state index in [0.29, 0.717) is 12.0 Å². The topological polar surface area (TPSA) is 7.76 Å². The lowest BCUT2D eigenvalue weighted by Gasteiger charge is -2.34. The molecule has 2 aromatic carbocycles. The van der Waals surface area contributed by atoms with Crippen LogP contribution in [0.15, 0.2) is 96.8 Å². The maximum absolute atomic E-state index is 2.54. The van der Waals surface area contributed by atoms with E-state index in [1.54, 1.807) is 0 Å². The van der Waals surface area contributed by atoms with Gasteiger partial charge in [-0.15, -0.1) is 0 Å². The minimum Gasteiger partial charge on any atom is -0.194 e. The summed E-state index contributed by atoms with van der Waals surface area (Å²) in [5.74, 6) is 0.500. The van der Waals surface area contributed by atoms with Gasteiger partial charge in [0.2, 0.25) is 5.69 Å². The predicted molar refractivity (Wildman–Crippen MR) is 134 cm³/mol. The zero-order valence-electron chi connectivity index (χ0n) is 19.6. The second kappa shape index (κ2) is 7.81. The van der Waals surface area contributed by atoms with E-state index < -0.39 is 0 Å². The first-order chi connectivity index (χ1) is 16.1. The highest BCUT2D eigenvalue weighted by atomic mass is 15.1. The molecule has 0 spiro atoms. The number of hydrogen-bond donors (Lipinski definition) is 0. The number of benzene rings is 2. The Hall–Kier alpha value is -3.52. The Bertz CT molecular complexity index is 1400. The molecule has 2 atom stereocenters. The minimum absolute atomic E-state index is 0.433. The van der Waals surface area contributed by atoms with Crippen LogP contribution in [0.5, 0.6) is 0 Å². The van der Waals surface area contributed by atoms with E-state index in [0.717, 1.165) is 12.8 Å². The first-order valence-corrected chi connectivity index (χ1v) is 12.0. The van der Waals surface area contributed by atoms with Crippen molar-refractivity contribution in [2.45, 2.75) is 45.6 Å². The highest BCUT2D eigenvalue weighted by Crippen LogP contribution is 2.48. The molecule has 0 fully saturated rings. The van der Waals surface area contributed by atoms with Crippen LogP contribution in [0.4, 0.5) is 0 Å². The van der Waals surface area contributed by atoms with Gasteiger partial charge in [0.1, 0.15) is 0 Å². The Balaban J connectivity index is 1.49. The average molecular weight is 431 g/mol. The maximum atomic E-state index is 2.54. The molecule has 0 N–H and O–H groups in total. The summed E-state index contributed by atoms with van der Waals surface area (Å²) in [5.41, 5.74) is 12.4. The van der Waals surface area contributed by atoms with Gasteiger partial charge in [0.05, 0.1) is 17.9 Å². The number of allylic oxidation sites excluding steroid dienone is 2. The van der Waals surface area contributed by atoms with Crippen LogP contribution in [-0.4, -0.2) is 0 Å². The van der Waals surface area contributed by atoms with Crippen molar-refractivity contribution in [2.24, 2.45) is 0 Å². The summed E-state index contributed by atoms with van der Waals surface area (Å²) in [4.78, 5) is 0. The van der Waals surface area contributed by atoms with Crippen molar-refractivity contribution in [2.75, 3.05) is 0 Å². The smallest absolute Gasteiger partial charge is 0.194 e. The Morgan fingerprint density at radius 3 is 2.36 bits per heavy atom. The molecule has 33 heavy (non-hydrogen) atoms. The van der Waals surface area contributed by atoms with E-state index in [-0.39, 0.29) is 0 Å². The van der Waals surface area contributed by atoms with E-state index in [1.165, 1.54) is 50.5 Å². The van der Waals surface area contributed by atoms with Crippen LogP contribution in [0, 0.1) is 13.8 Å². The van der Waals surface area contributed by atoms with Gasteiger partial charge in [0.25, 0.3) is 0 Å². The number of aryl methyl sites for hydroxylation is 2. The fourth-order valence-corrected chi connectivity index (χ4v) is 5.96. The summed E-state index contributed by atoms with van der Waals surface area (Å²) in [7, 11) is 0. The van der Waals surface area contributed by atoms with Gasteiger partial charge in [-0.2, -0.15) is 9.13 Å². The zero-order valence-corrected chi connectivity index (χ0v) is 19.6. The number of fused-ring (bicyclic) bond motifs is 6. The van der Waals surface area contributed by atoms with Gasteiger partial charge in [-0.25, -0.2) is 0 Å². The van der Waals surface area contributed by atoms with E-state index in [4.69, 9.17) is 0 Å². The van der Waals surface area contributed by atoms with Crippen LogP contribution >= 0.6 is 0 Å². The van der Waals surface area contributed by atoms with Crippen molar-refractivity contribution in [3.63, 3.8) is 0 Å². The second-order valence-electron chi connectivity index (χ2n) is 9.69. The zero-order chi connectivity index (χ0) is 22.5. The number of nitrogens with zero attached hydrogens (tertiary/aromatic N) is 2. The molecule has 6 rings (SSSR count). The monoisotopic (exact) mass is 430 g/mol. The molecule has 4 aromatic rings. The predicted octanol–water partition coefficient (Wildman–Crippen LogP) is 6.58. The van der Waals surface area contributed by atoms with Crippen LogP contribution in [-0.2, 0) is 0 Å². The summed E-state index contributed by atoms with van der Waals surface area (Å²) in [6.45, 7) is 6.73. The summed E-state index contributed by atoms with van der Waals surface area (Å²) in [6, 6.07) is 29.4. The lowest BCUT2D eigenvalue weighted by Crippen LogP contribution is -2.51. The molecule has 1 aliphatic heterocycles. The molecule has 0 saturated carbocycles. The van der Waals surface area contributed by atoms with Crippen molar-refractivity contribution in [3.8, 4) is 22.4 Å². The molecule has 0 bridgehead atoms. The van der Waals surface area contributed by atoms with Gasteiger partial charge in [-0.05, 0) is 60.2 Å². The van der Waals surface area contributed by atoms with Crippen LogP contribution in [0.1, 0.15) is 48.5 Å². The fourth-order valence-electron chi connectivity index (χ4n) is 5.96. The number of aromatic nitrogens is 2. The molecule has 2 aliphatic rings. The number of pyridine rings is 2. The molecule has 0 amide bonds. The third-order valence-electron chi connectivity index (χ3n) is 7.56. The van der Waals surface area contributed by atoms with Gasteiger partial charge < -0.3 is 0 Å². The van der Waals surface area contributed by atoms with Crippen LogP contribution < -0.4 is 9.13 Å². The van der Waals surface area contributed by atoms with Crippen molar-refractivity contribution in [1.29, 1.82) is 0 Å². The van der Waals surface area contributed by atoms with Gasteiger partial charge in [0, 0.05) is 31.2 Å². The van der Waals surface area contributed by atoms with Crippen LogP contribution in [0.25, 0.3) is 28.1 Å². The van der Waals surface area contributed by atoms with Crippen LogP contribution in [0.2, 0.25) is 0 Å².